The van der Waals surface area contributed by atoms with Gasteiger partial charge in [-0.15, -0.1) is 0 Å². The van der Waals surface area contributed by atoms with Crippen molar-refractivity contribution in [1.82, 2.24) is 4.57 Å². The Morgan fingerprint density at radius 1 is 1.21 bits per heavy atom. The van der Waals surface area contributed by atoms with Crippen LogP contribution < -0.4 is 15.0 Å². The lowest BCUT2D eigenvalue weighted by Crippen LogP contribution is -2.30. The number of sulfonamides is 1. The number of anilines is 1. The van der Waals surface area contributed by atoms with Crippen molar-refractivity contribution in [2.45, 2.75) is 44.6 Å². The fourth-order valence-corrected chi connectivity index (χ4v) is 4.03. The number of benzene rings is 1. The van der Waals surface area contributed by atoms with Gasteiger partial charge < -0.3 is 9.30 Å². The van der Waals surface area contributed by atoms with Crippen LogP contribution in [-0.4, -0.2) is 31.3 Å². The van der Waals surface area contributed by atoms with Crippen molar-refractivity contribution in [1.29, 1.82) is 0 Å². The molecule has 1 aliphatic rings. The fourth-order valence-electron chi connectivity index (χ4n) is 3.47. The minimum absolute atomic E-state index is 0.142. The third-order valence-electron chi connectivity index (χ3n) is 4.91. The first-order valence-electron chi connectivity index (χ1n) is 9.27. The highest BCUT2D eigenvalue weighted by atomic mass is 32.2. The molecule has 9 heteroatoms. The molecule has 6 nitrogen and oxygen atoms in total. The van der Waals surface area contributed by atoms with Crippen LogP contribution >= 0.6 is 0 Å². The smallest absolute Gasteiger partial charge is 0.253 e. The first kappa shape index (κ1) is 21.3. The van der Waals surface area contributed by atoms with Gasteiger partial charge in [0.15, 0.2) is 0 Å². The summed E-state index contributed by atoms with van der Waals surface area (Å²) in [6.07, 6.45) is 2.37. The van der Waals surface area contributed by atoms with Crippen LogP contribution in [0.3, 0.4) is 0 Å². The molecule has 0 atom stereocenters. The van der Waals surface area contributed by atoms with E-state index in [1.54, 1.807) is 44.4 Å². The van der Waals surface area contributed by atoms with Crippen molar-refractivity contribution in [2.24, 2.45) is 7.05 Å². The van der Waals surface area contributed by atoms with Crippen molar-refractivity contribution in [3.05, 3.63) is 46.4 Å². The molecule has 3 rings (SSSR count). The maximum absolute atomic E-state index is 13.4. The van der Waals surface area contributed by atoms with Gasteiger partial charge in [0.2, 0.25) is 15.9 Å². The molecule has 0 amide bonds. The monoisotopic (exact) mass is 426 g/mol. The number of hydrogen-bond donors (Lipinski definition) is 1. The molecule has 1 heterocycles. The van der Waals surface area contributed by atoms with Gasteiger partial charge in [0.1, 0.15) is 5.75 Å². The van der Waals surface area contributed by atoms with Crippen LogP contribution in [0.15, 0.2) is 35.3 Å². The maximum atomic E-state index is 13.4. The van der Waals surface area contributed by atoms with E-state index < -0.39 is 15.9 Å². The topological polar surface area (TPSA) is 77.4 Å². The Bertz CT molecular complexity index is 1040. The summed E-state index contributed by atoms with van der Waals surface area (Å²) in [7, 11) is -1.86. The van der Waals surface area contributed by atoms with Crippen LogP contribution in [0.5, 0.6) is 5.75 Å². The minimum atomic E-state index is -3.48. The highest BCUT2D eigenvalue weighted by Gasteiger charge is 2.36. The van der Waals surface area contributed by atoms with Crippen molar-refractivity contribution < 1.29 is 21.9 Å². The van der Waals surface area contributed by atoms with Gasteiger partial charge in [-0.1, -0.05) is 0 Å². The van der Waals surface area contributed by atoms with E-state index >= 15 is 0 Å². The van der Waals surface area contributed by atoms with E-state index in [2.05, 4.69) is 4.72 Å². The second kappa shape index (κ2) is 7.78. The van der Waals surface area contributed by atoms with Crippen LogP contribution in [-0.2, 0) is 17.1 Å². The van der Waals surface area contributed by atoms with E-state index in [1.807, 2.05) is 0 Å². The van der Waals surface area contributed by atoms with Gasteiger partial charge in [-0.05, 0) is 44.0 Å². The van der Waals surface area contributed by atoms with E-state index in [9.17, 15) is 22.0 Å². The highest BCUT2D eigenvalue weighted by Crippen LogP contribution is 2.38. The number of nitrogens with one attached hydrogen (secondary N) is 1. The Balaban J connectivity index is 2.00. The molecule has 0 unspecified atom stereocenters. The van der Waals surface area contributed by atoms with Crippen LogP contribution in [0.4, 0.5) is 14.5 Å². The van der Waals surface area contributed by atoms with E-state index in [0.717, 1.165) is 6.26 Å². The molecule has 1 aliphatic carbocycles. The predicted octanol–water partition coefficient (Wildman–Crippen LogP) is 3.69. The quantitative estimate of drug-likeness (QED) is 0.791. The number of halogens is 2. The Labute approximate surface area is 168 Å². The van der Waals surface area contributed by atoms with Gasteiger partial charge in [-0.25, -0.2) is 17.2 Å². The number of hydrogen-bond acceptors (Lipinski definition) is 4. The Morgan fingerprint density at radius 2 is 1.86 bits per heavy atom. The molecule has 0 spiro atoms. The van der Waals surface area contributed by atoms with Gasteiger partial charge >= 0.3 is 0 Å². The van der Waals surface area contributed by atoms with Crippen LogP contribution in [0.2, 0.25) is 0 Å². The standard InChI is InChI=1S/C20H24F2N2O4S/c1-13-10-14(12-24(2)19(13)25)17-11-15(23-29(3,26)27)4-5-18(17)28-16-6-8-20(21,22)9-7-16/h4-5,10-12,16,23H,6-9H2,1-3H3. The summed E-state index contributed by atoms with van der Waals surface area (Å²) >= 11 is 0. The summed E-state index contributed by atoms with van der Waals surface area (Å²) in [4.78, 5) is 12.0. The number of alkyl halides is 2. The lowest BCUT2D eigenvalue weighted by Gasteiger charge is -2.29. The molecule has 1 aromatic carbocycles. The predicted molar refractivity (Wildman–Crippen MR) is 108 cm³/mol. The molecule has 1 fully saturated rings. The third-order valence-corrected chi connectivity index (χ3v) is 5.52. The number of pyridine rings is 1. The van der Waals surface area contributed by atoms with Crippen molar-refractivity contribution in [3.8, 4) is 16.9 Å². The lowest BCUT2D eigenvalue weighted by molar-refractivity contribution is -0.0581. The first-order chi connectivity index (χ1) is 13.4. The Morgan fingerprint density at radius 3 is 2.45 bits per heavy atom. The molecule has 1 saturated carbocycles. The van der Waals surface area contributed by atoms with Gasteiger partial charge in [-0.2, -0.15) is 0 Å². The van der Waals surface area contributed by atoms with E-state index in [0.29, 0.717) is 28.1 Å². The largest absolute Gasteiger partial charge is 0.490 e. The van der Waals surface area contributed by atoms with Crippen molar-refractivity contribution >= 4 is 15.7 Å². The highest BCUT2D eigenvalue weighted by molar-refractivity contribution is 7.92. The number of ether oxygens (including phenoxy) is 1. The van der Waals surface area contributed by atoms with E-state index in [-0.39, 0.29) is 37.3 Å². The molecule has 1 aromatic heterocycles. The Kier molecular flexibility index (Phi) is 5.71. The third kappa shape index (κ3) is 5.35. The molecular formula is C20H24F2N2O4S. The number of aryl methyl sites for hydroxylation is 2. The number of rotatable bonds is 5. The molecule has 1 N–H and O–H groups in total. The molecule has 29 heavy (non-hydrogen) atoms. The molecule has 0 radical (unpaired) electrons. The second-order valence-corrected chi connectivity index (χ2v) is 9.33. The summed E-state index contributed by atoms with van der Waals surface area (Å²) in [6.45, 7) is 1.69. The van der Waals surface area contributed by atoms with Gasteiger partial charge in [0.25, 0.3) is 5.56 Å². The summed E-state index contributed by atoms with van der Waals surface area (Å²) in [5.74, 6) is -2.20. The minimum Gasteiger partial charge on any atom is -0.490 e. The SMILES string of the molecule is Cc1cc(-c2cc(NS(C)(=O)=O)ccc2OC2CCC(F)(F)CC2)cn(C)c1=O. The van der Waals surface area contributed by atoms with Gasteiger partial charge in [0, 0.05) is 48.5 Å². The molecule has 158 valence electrons. The molecule has 0 saturated heterocycles. The fraction of sp³-hybridized carbons (Fsp3) is 0.450. The Hall–Kier alpha value is -2.42. The summed E-state index contributed by atoms with van der Waals surface area (Å²) in [5, 5.41) is 0. The zero-order valence-electron chi connectivity index (χ0n) is 16.5. The zero-order chi connectivity index (χ0) is 21.4. The number of aromatic nitrogens is 1. The average molecular weight is 426 g/mol. The van der Waals surface area contributed by atoms with E-state index in [1.165, 1.54) is 4.57 Å². The zero-order valence-corrected chi connectivity index (χ0v) is 17.4. The summed E-state index contributed by atoms with van der Waals surface area (Å²) in [6, 6.07) is 6.50. The van der Waals surface area contributed by atoms with Crippen molar-refractivity contribution in [2.75, 3.05) is 11.0 Å². The molecule has 0 bridgehead atoms. The summed E-state index contributed by atoms with van der Waals surface area (Å²) < 4.78 is 60.0. The second-order valence-electron chi connectivity index (χ2n) is 7.59. The lowest BCUT2D eigenvalue weighted by atomic mass is 9.94. The van der Waals surface area contributed by atoms with Gasteiger partial charge in [0.05, 0.1) is 12.4 Å². The summed E-state index contributed by atoms with van der Waals surface area (Å²) in [5.41, 5.74) is 1.97. The molecule has 2 aromatic rings. The van der Waals surface area contributed by atoms with Gasteiger partial charge in [-0.3, -0.25) is 9.52 Å². The van der Waals surface area contributed by atoms with E-state index in [4.69, 9.17) is 4.74 Å². The van der Waals surface area contributed by atoms with Crippen LogP contribution in [0.25, 0.3) is 11.1 Å². The van der Waals surface area contributed by atoms with Crippen LogP contribution in [0, 0.1) is 6.92 Å². The number of nitrogens with zero attached hydrogens (tertiary/aromatic N) is 1. The van der Waals surface area contributed by atoms with Crippen molar-refractivity contribution in [3.63, 3.8) is 0 Å². The average Bonchev–Trinajstić information content (AvgIpc) is 2.61. The first-order valence-corrected chi connectivity index (χ1v) is 11.2. The molecular weight excluding hydrogens is 402 g/mol. The molecule has 0 aliphatic heterocycles. The maximum Gasteiger partial charge on any atom is 0.253 e. The van der Waals surface area contributed by atoms with Crippen LogP contribution in [0.1, 0.15) is 31.2 Å². The normalized spacial score (nSPS) is 17.1.